The van der Waals surface area contributed by atoms with Gasteiger partial charge in [0, 0.05) is 11.6 Å². The van der Waals surface area contributed by atoms with Crippen molar-refractivity contribution in [3.8, 4) is 11.5 Å². The number of carbonyl (C=O) groups is 1. The van der Waals surface area contributed by atoms with Crippen molar-refractivity contribution >= 4 is 12.0 Å². The monoisotopic (exact) mass is 361 g/mol. The normalized spacial score (nSPS) is 11.0. The molecule has 0 aliphatic heterocycles. The van der Waals surface area contributed by atoms with E-state index in [0.29, 0.717) is 12.5 Å². The quantitative estimate of drug-likeness (QED) is 0.438. The van der Waals surface area contributed by atoms with Crippen LogP contribution in [0.5, 0.6) is 0 Å². The van der Waals surface area contributed by atoms with Crippen LogP contribution in [0.25, 0.3) is 17.5 Å². The highest BCUT2D eigenvalue weighted by atomic mass is 16.5. The first-order chi connectivity index (χ1) is 13.2. The number of oxazole rings is 1. The summed E-state index contributed by atoms with van der Waals surface area (Å²) in [7, 11) is 0. The first-order valence-corrected chi connectivity index (χ1v) is 9.11. The zero-order valence-electron chi connectivity index (χ0n) is 15.6. The molecule has 27 heavy (non-hydrogen) atoms. The molecule has 0 bridgehead atoms. The topological polar surface area (TPSA) is 52.3 Å². The molecule has 0 saturated carbocycles. The molecule has 0 spiro atoms. The molecule has 0 atom stereocenters. The maximum atomic E-state index is 11.4. The zero-order chi connectivity index (χ0) is 19.1. The van der Waals surface area contributed by atoms with Crippen molar-refractivity contribution in [1.29, 1.82) is 0 Å². The molecule has 0 radical (unpaired) electrons. The Morgan fingerprint density at radius 2 is 1.81 bits per heavy atom. The number of rotatable bonds is 7. The van der Waals surface area contributed by atoms with Gasteiger partial charge in [-0.1, -0.05) is 42.5 Å². The third kappa shape index (κ3) is 5.17. The second-order valence-corrected chi connectivity index (χ2v) is 6.21. The summed E-state index contributed by atoms with van der Waals surface area (Å²) < 4.78 is 10.7. The molecule has 2 aromatic carbocycles. The Hall–Kier alpha value is -3.14. The van der Waals surface area contributed by atoms with E-state index in [1.54, 1.807) is 13.0 Å². The van der Waals surface area contributed by atoms with Gasteiger partial charge in [0.2, 0.25) is 5.89 Å². The van der Waals surface area contributed by atoms with Gasteiger partial charge in [-0.3, -0.25) is 0 Å². The fraction of sp³-hybridized carbons (Fsp3) is 0.217. The smallest absolute Gasteiger partial charge is 0.330 e. The van der Waals surface area contributed by atoms with Gasteiger partial charge < -0.3 is 9.15 Å². The molecule has 0 fully saturated rings. The van der Waals surface area contributed by atoms with Gasteiger partial charge in [0.05, 0.1) is 12.3 Å². The van der Waals surface area contributed by atoms with Crippen molar-refractivity contribution in [3.05, 3.63) is 83.3 Å². The van der Waals surface area contributed by atoms with Gasteiger partial charge >= 0.3 is 5.97 Å². The van der Waals surface area contributed by atoms with Gasteiger partial charge in [-0.25, -0.2) is 9.78 Å². The van der Waals surface area contributed by atoms with Crippen LogP contribution in [0.3, 0.4) is 0 Å². The number of hydrogen-bond donors (Lipinski definition) is 0. The molecule has 138 valence electrons. The number of aryl methyl sites for hydroxylation is 3. The van der Waals surface area contributed by atoms with Crippen LogP contribution in [0.4, 0.5) is 0 Å². The predicted molar refractivity (Wildman–Crippen MR) is 106 cm³/mol. The molecule has 0 aliphatic rings. The van der Waals surface area contributed by atoms with Crippen molar-refractivity contribution < 1.29 is 13.9 Å². The average molecular weight is 361 g/mol. The van der Waals surface area contributed by atoms with E-state index < -0.39 is 0 Å². The summed E-state index contributed by atoms with van der Waals surface area (Å²) in [5, 5.41) is 0. The summed E-state index contributed by atoms with van der Waals surface area (Å²) >= 11 is 0. The number of nitrogens with zero attached hydrogens (tertiary/aromatic N) is 1. The minimum absolute atomic E-state index is 0.322. The lowest BCUT2D eigenvalue weighted by Gasteiger charge is -2.01. The molecule has 3 rings (SSSR count). The molecule has 1 heterocycles. The predicted octanol–water partition coefficient (Wildman–Crippen LogP) is 5.01. The number of esters is 1. The molecule has 3 aromatic rings. The Bertz CT molecular complexity index is 909. The molecule has 0 amide bonds. The van der Waals surface area contributed by atoms with E-state index in [1.165, 1.54) is 11.6 Å². The standard InChI is InChI=1S/C23H23NO3/c1-3-26-22(25)16-14-19-11-9-18(10-12-19)13-15-21-17(2)27-23(24-21)20-7-5-4-6-8-20/h4-12,14,16H,3,13,15H2,1-2H3/b16-14+. The third-order valence-corrected chi connectivity index (χ3v) is 4.24. The Labute approximate surface area is 159 Å². The highest BCUT2D eigenvalue weighted by Gasteiger charge is 2.11. The van der Waals surface area contributed by atoms with Crippen LogP contribution < -0.4 is 0 Å². The molecule has 1 aromatic heterocycles. The molecule has 4 nitrogen and oxygen atoms in total. The lowest BCUT2D eigenvalue weighted by atomic mass is 10.1. The second-order valence-electron chi connectivity index (χ2n) is 6.21. The molecule has 0 saturated heterocycles. The largest absolute Gasteiger partial charge is 0.463 e. The Kier molecular flexibility index (Phi) is 6.21. The van der Waals surface area contributed by atoms with Gasteiger partial charge in [-0.05, 0) is 56.0 Å². The number of carbonyl (C=O) groups excluding carboxylic acids is 1. The van der Waals surface area contributed by atoms with Crippen LogP contribution in [-0.4, -0.2) is 17.6 Å². The van der Waals surface area contributed by atoms with Crippen molar-refractivity contribution in [3.63, 3.8) is 0 Å². The molecule has 0 unspecified atom stereocenters. The minimum atomic E-state index is -0.322. The van der Waals surface area contributed by atoms with Crippen LogP contribution in [0.1, 0.15) is 29.5 Å². The van der Waals surface area contributed by atoms with E-state index in [9.17, 15) is 4.79 Å². The summed E-state index contributed by atoms with van der Waals surface area (Å²) in [5.41, 5.74) is 4.16. The van der Waals surface area contributed by atoms with E-state index in [0.717, 1.165) is 35.4 Å². The van der Waals surface area contributed by atoms with Crippen molar-refractivity contribution in [2.24, 2.45) is 0 Å². The van der Waals surface area contributed by atoms with Crippen LogP contribution in [-0.2, 0) is 22.4 Å². The SMILES string of the molecule is CCOC(=O)/C=C/c1ccc(CCc2nc(-c3ccccc3)oc2C)cc1. The van der Waals surface area contributed by atoms with Gasteiger partial charge in [-0.15, -0.1) is 0 Å². The van der Waals surface area contributed by atoms with Gasteiger partial charge in [0.1, 0.15) is 5.76 Å². The average Bonchev–Trinajstić information content (AvgIpc) is 3.07. The molecular weight excluding hydrogens is 338 g/mol. The summed E-state index contributed by atoms with van der Waals surface area (Å²) in [6.07, 6.45) is 4.90. The lowest BCUT2D eigenvalue weighted by Crippen LogP contribution is -1.98. The number of ether oxygens (including phenoxy) is 1. The summed E-state index contributed by atoms with van der Waals surface area (Å²) in [6.45, 7) is 4.13. The van der Waals surface area contributed by atoms with Crippen LogP contribution in [0.15, 0.2) is 65.1 Å². The van der Waals surface area contributed by atoms with Crippen LogP contribution >= 0.6 is 0 Å². The van der Waals surface area contributed by atoms with E-state index >= 15 is 0 Å². The van der Waals surface area contributed by atoms with Crippen molar-refractivity contribution in [2.45, 2.75) is 26.7 Å². The highest BCUT2D eigenvalue weighted by molar-refractivity contribution is 5.87. The fourth-order valence-electron chi connectivity index (χ4n) is 2.78. The third-order valence-electron chi connectivity index (χ3n) is 4.24. The van der Waals surface area contributed by atoms with E-state index in [2.05, 4.69) is 17.1 Å². The maximum absolute atomic E-state index is 11.4. The summed E-state index contributed by atoms with van der Waals surface area (Å²) in [5.74, 6) is 1.21. The van der Waals surface area contributed by atoms with Crippen molar-refractivity contribution in [1.82, 2.24) is 4.98 Å². The fourth-order valence-corrected chi connectivity index (χ4v) is 2.78. The summed E-state index contributed by atoms with van der Waals surface area (Å²) in [4.78, 5) is 16.0. The number of aromatic nitrogens is 1. The van der Waals surface area contributed by atoms with E-state index in [1.807, 2.05) is 49.4 Å². The Morgan fingerprint density at radius 1 is 1.07 bits per heavy atom. The highest BCUT2D eigenvalue weighted by Crippen LogP contribution is 2.22. The van der Waals surface area contributed by atoms with Gasteiger partial charge in [0.15, 0.2) is 0 Å². The second kappa shape index (κ2) is 8.99. The molecule has 0 aliphatic carbocycles. The number of hydrogen-bond acceptors (Lipinski definition) is 4. The van der Waals surface area contributed by atoms with Gasteiger partial charge in [0.25, 0.3) is 0 Å². The van der Waals surface area contributed by atoms with Crippen LogP contribution in [0, 0.1) is 6.92 Å². The van der Waals surface area contributed by atoms with Crippen molar-refractivity contribution in [2.75, 3.05) is 6.61 Å². The summed E-state index contributed by atoms with van der Waals surface area (Å²) in [6, 6.07) is 18.1. The number of benzene rings is 2. The molecule has 0 N–H and O–H groups in total. The lowest BCUT2D eigenvalue weighted by molar-refractivity contribution is -0.137. The van der Waals surface area contributed by atoms with Gasteiger partial charge in [-0.2, -0.15) is 0 Å². The van der Waals surface area contributed by atoms with E-state index in [-0.39, 0.29) is 5.97 Å². The maximum Gasteiger partial charge on any atom is 0.330 e. The minimum Gasteiger partial charge on any atom is -0.463 e. The molecular formula is C23H23NO3. The first-order valence-electron chi connectivity index (χ1n) is 9.11. The Morgan fingerprint density at radius 3 is 2.52 bits per heavy atom. The zero-order valence-corrected chi connectivity index (χ0v) is 15.6. The first kappa shape index (κ1) is 18.6. The van der Waals surface area contributed by atoms with Crippen LogP contribution in [0.2, 0.25) is 0 Å². The Balaban J connectivity index is 1.60. The van der Waals surface area contributed by atoms with E-state index in [4.69, 9.17) is 9.15 Å². The molecule has 4 heteroatoms.